The Morgan fingerprint density at radius 3 is 2.27 bits per heavy atom. The van der Waals surface area contributed by atoms with Gasteiger partial charge in [-0.25, -0.2) is 0 Å². The number of ether oxygens (including phenoxy) is 1. The molecule has 2 aromatic rings. The zero-order valence-corrected chi connectivity index (χ0v) is 12.4. The molecule has 4 heteroatoms. The summed E-state index contributed by atoms with van der Waals surface area (Å²) >= 11 is 0. The Kier molecular flexibility index (Phi) is 5.47. The summed E-state index contributed by atoms with van der Waals surface area (Å²) in [4.78, 5) is 0. The highest BCUT2D eigenvalue weighted by Gasteiger charge is 2.32. The molecule has 0 spiro atoms. The highest BCUT2D eigenvalue weighted by molar-refractivity contribution is 5.34. The van der Waals surface area contributed by atoms with Crippen LogP contribution in [0.1, 0.15) is 23.1 Å². The maximum atomic E-state index is 12.9. The second kappa shape index (κ2) is 7.34. The Hall–Kier alpha value is -1.97. The van der Waals surface area contributed by atoms with Crippen molar-refractivity contribution in [1.29, 1.82) is 0 Å². The van der Waals surface area contributed by atoms with Crippen LogP contribution in [0.4, 0.5) is 13.2 Å². The molecule has 0 bridgehead atoms. The van der Waals surface area contributed by atoms with Gasteiger partial charge in [0.15, 0.2) is 0 Å². The van der Waals surface area contributed by atoms with E-state index < -0.39 is 11.7 Å². The van der Waals surface area contributed by atoms with E-state index in [9.17, 15) is 13.2 Å². The average molecular weight is 307 g/mol. The van der Waals surface area contributed by atoms with E-state index >= 15 is 0 Å². The lowest BCUT2D eigenvalue weighted by molar-refractivity contribution is -0.138. The van der Waals surface area contributed by atoms with Crippen LogP contribution < -0.4 is 4.74 Å². The predicted octanol–water partition coefficient (Wildman–Crippen LogP) is 5.09. The van der Waals surface area contributed by atoms with Gasteiger partial charge in [0.2, 0.25) is 0 Å². The zero-order chi connectivity index (χ0) is 16.0. The van der Waals surface area contributed by atoms with Crippen molar-refractivity contribution in [2.45, 2.75) is 25.4 Å². The SMILES string of the molecule is COc1ccccc1CC[CH]Cc1ccccc1C(F)(F)F. The fourth-order valence-electron chi connectivity index (χ4n) is 2.40. The molecule has 0 atom stereocenters. The molecule has 0 saturated carbocycles. The summed E-state index contributed by atoms with van der Waals surface area (Å²) in [5.74, 6) is 0.812. The number of alkyl halides is 3. The van der Waals surface area contributed by atoms with Crippen LogP contribution in [-0.4, -0.2) is 7.11 Å². The molecule has 1 radical (unpaired) electrons. The van der Waals surface area contributed by atoms with E-state index in [-0.39, 0.29) is 0 Å². The minimum absolute atomic E-state index is 0.310. The van der Waals surface area contributed by atoms with Crippen molar-refractivity contribution in [3.63, 3.8) is 0 Å². The van der Waals surface area contributed by atoms with Gasteiger partial charge in [0.05, 0.1) is 12.7 Å². The zero-order valence-electron chi connectivity index (χ0n) is 12.4. The van der Waals surface area contributed by atoms with Crippen LogP contribution >= 0.6 is 0 Å². The largest absolute Gasteiger partial charge is 0.496 e. The van der Waals surface area contributed by atoms with E-state index in [1.807, 2.05) is 30.7 Å². The smallest absolute Gasteiger partial charge is 0.416 e. The molecule has 22 heavy (non-hydrogen) atoms. The molecule has 0 unspecified atom stereocenters. The summed E-state index contributed by atoms with van der Waals surface area (Å²) in [5.41, 5.74) is 0.823. The molecule has 117 valence electrons. The van der Waals surface area contributed by atoms with E-state index in [1.165, 1.54) is 12.1 Å². The van der Waals surface area contributed by atoms with Crippen LogP contribution in [0.3, 0.4) is 0 Å². The fourth-order valence-corrected chi connectivity index (χ4v) is 2.40. The van der Waals surface area contributed by atoms with Crippen LogP contribution in [0.15, 0.2) is 48.5 Å². The molecule has 0 fully saturated rings. The summed E-state index contributed by atoms with van der Waals surface area (Å²) in [6.45, 7) is 0. The number of hydrogen-bond acceptors (Lipinski definition) is 1. The summed E-state index contributed by atoms with van der Waals surface area (Å²) < 4.78 is 43.9. The average Bonchev–Trinajstić information content (AvgIpc) is 2.51. The molecule has 0 N–H and O–H groups in total. The molecule has 0 saturated heterocycles. The summed E-state index contributed by atoms with van der Waals surface area (Å²) in [6, 6.07) is 13.4. The standard InChI is InChI=1S/C18H18F3O/c1-22-17-13-7-5-11-15(17)10-3-2-8-14-9-4-6-12-16(14)18(19,20)21/h2,4-7,9,11-13H,3,8,10H2,1H3. The van der Waals surface area contributed by atoms with Crippen molar-refractivity contribution in [3.8, 4) is 5.75 Å². The maximum Gasteiger partial charge on any atom is 0.416 e. The first kappa shape index (κ1) is 16.4. The van der Waals surface area contributed by atoms with Crippen LogP contribution in [0.2, 0.25) is 0 Å². The van der Waals surface area contributed by atoms with E-state index in [0.29, 0.717) is 18.4 Å². The number of hydrogen-bond donors (Lipinski definition) is 0. The lowest BCUT2D eigenvalue weighted by Crippen LogP contribution is -2.09. The van der Waals surface area contributed by atoms with Crippen LogP contribution in [0.5, 0.6) is 5.75 Å². The third-order valence-corrected chi connectivity index (χ3v) is 3.50. The monoisotopic (exact) mass is 307 g/mol. The molecule has 0 aliphatic heterocycles. The molecule has 0 heterocycles. The number of para-hydroxylation sites is 1. The molecular weight excluding hydrogens is 289 g/mol. The van der Waals surface area contributed by atoms with Gasteiger partial charge in [0, 0.05) is 0 Å². The lowest BCUT2D eigenvalue weighted by Gasteiger charge is -2.12. The summed E-state index contributed by atoms with van der Waals surface area (Å²) in [6.07, 6.45) is -0.653. The third kappa shape index (κ3) is 4.26. The van der Waals surface area contributed by atoms with Crippen molar-refractivity contribution >= 4 is 0 Å². The number of unbranched alkanes of at least 4 members (excludes halogenated alkanes) is 1. The molecule has 0 aliphatic carbocycles. The Balaban J connectivity index is 1.92. The van der Waals surface area contributed by atoms with Gasteiger partial charge < -0.3 is 4.74 Å². The van der Waals surface area contributed by atoms with Gasteiger partial charge in [-0.2, -0.15) is 13.2 Å². The number of rotatable bonds is 6. The van der Waals surface area contributed by atoms with Crippen molar-refractivity contribution < 1.29 is 17.9 Å². The van der Waals surface area contributed by atoms with Crippen LogP contribution in [0, 0.1) is 6.42 Å². The molecule has 1 nitrogen and oxygen atoms in total. The second-order valence-electron chi connectivity index (χ2n) is 5.00. The number of halogens is 3. The number of methoxy groups -OCH3 is 1. The third-order valence-electron chi connectivity index (χ3n) is 3.50. The van der Waals surface area contributed by atoms with Gasteiger partial charge in [-0.3, -0.25) is 0 Å². The fraction of sp³-hybridized carbons (Fsp3) is 0.278. The van der Waals surface area contributed by atoms with Gasteiger partial charge in [-0.15, -0.1) is 0 Å². The van der Waals surface area contributed by atoms with Crippen LogP contribution in [-0.2, 0) is 19.0 Å². The highest BCUT2D eigenvalue weighted by atomic mass is 19.4. The van der Waals surface area contributed by atoms with Crippen molar-refractivity contribution in [2.75, 3.05) is 7.11 Å². The topological polar surface area (TPSA) is 9.23 Å². The minimum atomic E-state index is -4.30. The van der Waals surface area contributed by atoms with E-state index in [1.54, 1.807) is 13.2 Å². The second-order valence-corrected chi connectivity index (χ2v) is 5.00. The first-order chi connectivity index (χ1) is 10.5. The maximum absolute atomic E-state index is 12.9. The van der Waals surface area contributed by atoms with Gasteiger partial charge in [0.25, 0.3) is 0 Å². The van der Waals surface area contributed by atoms with Crippen molar-refractivity contribution in [2.24, 2.45) is 0 Å². The van der Waals surface area contributed by atoms with Gasteiger partial charge in [-0.05, 0) is 48.9 Å². The Bertz CT molecular complexity index is 605. The van der Waals surface area contributed by atoms with Crippen molar-refractivity contribution in [3.05, 3.63) is 71.6 Å². The summed E-state index contributed by atoms with van der Waals surface area (Å²) in [5, 5.41) is 0. The Morgan fingerprint density at radius 1 is 0.955 bits per heavy atom. The quantitative estimate of drug-likeness (QED) is 0.675. The van der Waals surface area contributed by atoms with Crippen molar-refractivity contribution in [1.82, 2.24) is 0 Å². The first-order valence-corrected chi connectivity index (χ1v) is 7.11. The molecule has 0 aliphatic rings. The lowest BCUT2D eigenvalue weighted by atomic mass is 9.99. The van der Waals surface area contributed by atoms with Gasteiger partial charge >= 0.3 is 6.18 Å². The normalized spacial score (nSPS) is 11.5. The van der Waals surface area contributed by atoms with E-state index in [4.69, 9.17) is 4.74 Å². The van der Waals surface area contributed by atoms with E-state index in [2.05, 4.69) is 0 Å². The molecule has 0 amide bonds. The molecule has 2 aromatic carbocycles. The highest BCUT2D eigenvalue weighted by Crippen LogP contribution is 2.32. The number of aryl methyl sites for hydroxylation is 1. The molecular formula is C18H18F3O. The predicted molar refractivity (Wildman–Crippen MR) is 80.8 cm³/mol. The molecule has 0 aromatic heterocycles. The first-order valence-electron chi connectivity index (χ1n) is 7.11. The van der Waals surface area contributed by atoms with Gasteiger partial charge in [-0.1, -0.05) is 36.4 Å². The van der Waals surface area contributed by atoms with Crippen LogP contribution in [0.25, 0.3) is 0 Å². The number of benzene rings is 2. The van der Waals surface area contributed by atoms with Gasteiger partial charge in [0.1, 0.15) is 5.75 Å². The molecule has 2 rings (SSSR count). The Morgan fingerprint density at radius 2 is 1.59 bits per heavy atom. The van der Waals surface area contributed by atoms with E-state index in [0.717, 1.165) is 23.8 Å². The Labute approximate surface area is 128 Å². The minimum Gasteiger partial charge on any atom is -0.496 e. The summed E-state index contributed by atoms with van der Waals surface area (Å²) in [7, 11) is 1.61.